The van der Waals surface area contributed by atoms with Crippen LogP contribution in [-0.2, 0) is 10.2 Å². The summed E-state index contributed by atoms with van der Waals surface area (Å²) in [6.45, 7) is 6.11. The third-order valence-electron chi connectivity index (χ3n) is 3.17. The topological polar surface area (TPSA) is 61.4 Å². The average Bonchev–Trinajstić information content (AvgIpc) is 2.43. The molecule has 0 spiro atoms. The van der Waals surface area contributed by atoms with Gasteiger partial charge in [-0.15, -0.1) is 0 Å². The van der Waals surface area contributed by atoms with Gasteiger partial charge in [0.2, 0.25) is 0 Å². The fourth-order valence-electron chi connectivity index (χ4n) is 1.78. The minimum absolute atomic E-state index is 0.464. The summed E-state index contributed by atoms with van der Waals surface area (Å²) in [4.78, 5) is 0. The molecule has 0 atom stereocenters. The van der Waals surface area contributed by atoms with E-state index in [9.17, 15) is 8.42 Å². The number of nitrogens with one attached hydrogen (secondary N) is 2. The highest BCUT2D eigenvalue weighted by atomic mass is 35.5. The Labute approximate surface area is 132 Å². The van der Waals surface area contributed by atoms with Gasteiger partial charge in [0.15, 0.2) is 0 Å². The molecule has 2 N–H and O–H groups in total. The van der Waals surface area contributed by atoms with Crippen molar-refractivity contribution in [2.45, 2.75) is 26.7 Å². The lowest BCUT2D eigenvalue weighted by Crippen LogP contribution is -2.34. The zero-order valence-corrected chi connectivity index (χ0v) is 14.4. The molecule has 0 unspecified atom stereocenters. The quantitative estimate of drug-likeness (QED) is 0.683. The Morgan fingerprint density at radius 1 is 1.29 bits per heavy atom. The first-order valence-corrected chi connectivity index (χ1v) is 8.90. The van der Waals surface area contributed by atoms with Crippen LogP contribution in [0.15, 0.2) is 18.2 Å². The van der Waals surface area contributed by atoms with E-state index in [0.29, 0.717) is 17.3 Å². The molecular formula is C14H24ClN3O2S. The van der Waals surface area contributed by atoms with Gasteiger partial charge in [0.05, 0.1) is 5.69 Å². The highest BCUT2D eigenvalue weighted by molar-refractivity contribution is 7.90. The molecule has 0 saturated heterocycles. The van der Waals surface area contributed by atoms with E-state index in [4.69, 9.17) is 11.6 Å². The van der Waals surface area contributed by atoms with Crippen LogP contribution in [0.1, 0.15) is 25.3 Å². The Balaban J connectivity index is 2.58. The second kappa shape index (κ2) is 8.58. The lowest BCUT2D eigenvalue weighted by molar-refractivity contribution is 0.458. The van der Waals surface area contributed by atoms with Crippen molar-refractivity contribution in [3.05, 3.63) is 28.8 Å². The van der Waals surface area contributed by atoms with Crippen LogP contribution in [0.25, 0.3) is 0 Å². The molecule has 0 bridgehead atoms. The van der Waals surface area contributed by atoms with Gasteiger partial charge in [0.1, 0.15) is 0 Å². The molecule has 21 heavy (non-hydrogen) atoms. The first-order valence-electron chi connectivity index (χ1n) is 7.08. The standard InChI is InChI=1S/C14H24ClN3O2S/c1-4-9-16-10-6-11-18(3)21(19,20)17-14-8-5-7-13(15)12(14)2/h5,7-8,16-17H,4,6,9-11H2,1-3H3. The molecule has 0 amide bonds. The van der Waals surface area contributed by atoms with Crippen LogP contribution in [0.5, 0.6) is 0 Å². The highest BCUT2D eigenvalue weighted by Gasteiger charge is 2.18. The number of benzene rings is 1. The number of hydrogen-bond acceptors (Lipinski definition) is 3. The summed E-state index contributed by atoms with van der Waals surface area (Å²) >= 11 is 6.00. The average molecular weight is 334 g/mol. The SMILES string of the molecule is CCCNCCCN(C)S(=O)(=O)Nc1cccc(Cl)c1C. The van der Waals surface area contributed by atoms with Crippen LogP contribution < -0.4 is 10.0 Å². The lowest BCUT2D eigenvalue weighted by Gasteiger charge is -2.19. The van der Waals surface area contributed by atoms with Crippen LogP contribution in [-0.4, -0.2) is 39.4 Å². The van der Waals surface area contributed by atoms with Crippen LogP contribution in [0.2, 0.25) is 5.02 Å². The van der Waals surface area contributed by atoms with E-state index < -0.39 is 10.2 Å². The van der Waals surface area contributed by atoms with E-state index in [0.717, 1.165) is 31.5 Å². The van der Waals surface area contributed by atoms with Crippen molar-refractivity contribution in [1.82, 2.24) is 9.62 Å². The summed E-state index contributed by atoms with van der Waals surface area (Å²) in [6.07, 6.45) is 1.84. The maximum atomic E-state index is 12.2. The Morgan fingerprint density at radius 2 is 2.00 bits per heavy atom. The van der Waals surface area contributed by atoms with E-state index in [-0.39, 0.29) is 0 Å². The Bertz CT molecular complexity index is 549. The zero-order chi connectivity index (χ0) is 15.9. The van der Waals surface area contributed by atoms with Gasteiger partial charge < -0.3 is 5.32 Å². The van der Waals surface area contributed by atoms with Crippen LogP contribution in [0.3, 0.4) is 0 Å². The molecular weight excluding hydrogens is 310 g/mol. The fourth-order valence-corrected chi connectivity index (χ4v) is 2.98. The summed E-state index contributed by atoms with van der Waals surface area (Å²) < 4.78 is 28.4. The zero-order valence-electron chi connectivity index (χ0n) is 12.8. The summed E-state index contributed by atoms with van der Waals surface area (Å²) in [7, 11) is -1.98. The smallest absolute Gasteiger partial charge is 0.301 e. The molecule has 5 nitrogen and oxygen atoms in total. The van der Waals surface area contributed by atoms with Crippen LogP contribution in [0.4, 0.5) is 5.69 Å². The first-order chi connectivity index (χ1) is 9.88. The summed E-state index contributed by atoms with van der Waals surface area (Å²) in [5.74, 6) is 0. The van der Waals surface area contributed by atoms with E-state index in [2.05, 4.69) is 17.0 Å². The summed E-state index contributed by atoms with van der Waals surface area (Å²) in [5, 5.41) is 3.79. The molecule has 7 heteroatoms. The van der Waals surface area contributed by atoms with Gasteiger partial charge in [0.25, 0.3) is 0 Å². The number of halogens is 1. The van der Waals surface area contributed by atoms with E-state index in [1.165, 1.54) is 4.31 Å². The predicted molar refractivity (Wildman–Crippen MR) is 89.1 cm³/mol. The number of nitrogens with zero attached hydrogens (tertiary/aromatic N) is 1. The third kappa shape index (κ3) is 5.82. The molecule has 0 aliphatic heterocycles. The van der Waals surface area contributed by atoms with Crippen LogP contribution >= 0.6 is 11.6 Å². The third-order valence-corrected chi connectivity index (χ3v) is 5.06. The molecule has 1 aromatic rings. The molecule has 120 valence electrons. The van der Waals surface area contributed by atoms with Crippen molar-refractivity contribution in [3.63, 3.8) is 0 Å². The van der Waals surface area contributed by atoms with Crippen molar-refractivity contribution in [1.29, 1.82) is 0 Å². The molecule has 0 fully saturated rings. The predicted octanol–water partition coefficient (Wildman–Crippen LogP) is 2.63. The van der Waals surface area contributed by atoms with Gasteiger partial charge in [-0.2, -0.15) is 12.7 Å². The number of hydrogen-bond donors (Lipinski definition) is 2. The van der Waals surface area contributed by atoms with E-state index >= 15 is 0 Å². The Kier molecular flexibility index (Phi) is 7.45. The van der Waals surface area contributed by atoms with Crippen LogP contribution in [0, 0.1) is 6.92 Å². The highest BCUT2D eigenvalue weighted by Crippen LogP contribution is 2.24. The maximum absolute atomic E-state index is 12.2. The molecule has 0 aliphatic rings. The Hall–Kier alpha value is -0.820. The van der Waals surface area contributed by atoms with Crippen molar-refractivity contribution in [3.8, 4) is 0 Å². The van der Waals surface area contributed by atoms with Crippen molar-refractivity contribution < 1.29 is 8.42 Å². The van der Waals surface area contributed by atoms with Crippen molar-refractivity contribution in [2.75, 3.05) is 31.4 Å². The minimum Gasteiger partial charge on any atom is -0.317 e. The normalized spacial score (nSPS) is 11.9. The van der Waals surface area contributed by atoms with Gasteiger partial charge in [-0.05, 0) is 50.6 Å². The monoisotopic (exact) mass is 333 g/mol. The molecule has 0 heterocycles. The maximum Gasteiger partial charge on any atom is 0.301 e. The molecule has 0 aromatic heterocycles. The number of anilines is 1. The molecule has 0 radical (unpaired) electrons. The largest absolute Gasteiger partial charge is 0.317 e. The van der Waals surface area contributed by atoms with Crippen molar-refractivity contribution in [2.24, 2.45) is 0 Å². The molecule has 0 saturated carbocycles. The van der Waals surface area contributed by atoms with Gasteiger partial charge in [0, 0.05) is 18.6 Å². The van der Waals surface area contributed by atoms with Gasteiger partial charge in [-0.3, -0.25) is 4.72 Å². The van der Waals surface area contributed by atoms with Gasteiger partial charge in [-0.25, -0.2) is 0 Å². The van der Waals surface area contributed by atoms with E-state index in [1.54, 1.807) is 32.2 Å². The molecule has 1 aromatic carbocycles. The van der Waals surface area contributed by atoms with Gasteiger partial charge in [-0.1, -0.05) is 24.6 Å². The second-order valence-corrected chi connectivity index (χ2v) is 7.13. The molecule has 0 aliphatic carbocycles. The van der Waals surface area contributed by atoms with Crippen molar-refractivity contribution >= 4 is 27.5 Å². The lowest BCUT2D eigenvalue weighted by atomic mass is 10.2. The van der Waals surface area contributed by atoms with Gasteiger partial charge >= 0.3 is 10.2 Å². The summed E-state index contributed by atoms with van der Waals surface area (Å²) in [5.41, 5.74) is 1.24. The molecule has 1 rings (SSSR count). The Morgan fingerprint density at radius 3 is 2.67 bits per heavy atom. The number of rotatable bonds is 9. The second-order valence-electron chi connectivity index (χ2n) is 4.94. The summed E-state index contributed by atoms with van der Waals surface area (Å²) in [6, 6.07) is 5.16. The minimum atomic E-state index is -3.55. The first kappa shape index (κ1) is 18.2. The van der Waals surface area contributed by atoms with E-state index in [1.807, 2.05) is 0 Å². The fraction of sp³-hybridized carbons (Fsp3) is 0.571.